The Morgan fingerprint density at radius 2 is 1.82 bits per heavy atom. The minimum absolute atomic E-state index is 0.000988. The number of hydrogen-bond donors (Lipinski definition) is 2. The predicted molar refractivity (Wildman–Crippen MR) is 159 cm³/mol. The highest BCUT2D eigenvalue weighted by molar-refractivity contribution is 5.95. The number of rotatable bonds is 9. The maximum absolute atomic E-state index is 12.6. The molecule has 200 valence electrons. The van der Waals surface area contributed by atoms with Crippen molar-refractivity contribution in [1.29, 1.82) is 0 Å². The van der Waals surface area contributed by atoms with Crippen LogP contribution in [0.3, 0.4) is 0 Å². The molecule has 0 saturated carbocycles. The van der Waals surface area contributed by atoms with Crippen molar-refractivity contribution in [2.75, 3.05) is 22.6 Å². The summed E-state index contributed by atoms with van der Waals surface area (Å²) < 4.78 is 5.24. The van der Waals surface area contributed by atoms with Crippen molar-refractivity contribution in [3.63, 3.8) is 0 Å². The van der Waals surface area contributed by atoms with Gasteiger partial charge in [-0.05, 0) is 85.0 Å². The monoisotopic (exact) mass is 521 g/mol. The summed E-state index contributed by atoms with van der Waals surface area (Å²) in [6.07, 6.45) is 7.69. The Hall–Kier alpha value is -4.50. The van der Waals surface area contributed by atoms with E-state index in [0.717, 1.165) is 45.7 Å². The van der Waals surface area contributed by atoms with E-state index in [1.54, 1.807) is 14.0 Å². The van der Waals surface area contributed by atoms with Gasteiger partial charge in [-0.3, -0.25) is 9.59 Å². The largest absolute Gasteiger partial charge is 0.497 e. The quantitative estimate of drug-likeness (QED) is 0.180. The first-order chi connectivity index (χ1) is 18.8. The summed E-state index contributed by atoms with van der Waals surface area (Å²) in [5.41, 5.74) is 6.58. The van der Waals surface area contributed by atoms with Gasteiger partial charge in [-0.2, -0.15) is 0 Å². The van der Waals surface area contributed by atoms with E-state index in [4.69, 9.17) is 11.2 Å². The number of benzene rings is 3. The van der Waals surface area contributed by atoms with Crippen molar-refractivity contribution >= 4 is 34.6 Å². The minimum Gasteiger partial charge on any atom is -0.497 e. The van der Waals surface area contributed by atoms with E-state index in [9.17, 15) is 9.59 Å². The second kappa shape index (κ2) is 12.4. The number of terminal acetylenes is 1. The summed E-state index contributed by atoms with van der Waals surface area (Å²) in [5, 5.41) is 6.64. The van der Waals surface area contributed by atoms with Crippen LogP contribution in [0.4, 0.5) is 17.1 Å². The number of methoxy groups -OCH3 is 1. The van der Waals surface area contributed by atoms with E-state index in [2.05, 4.69) is 36.1 Å². The summed E-state index contributed by atoms with van der Waals surface area (Å²) in [6.45, 7) is 7.61. The lowest BCUT2D eigenvalue weighted by Gasteiger charge is -2.39. The number of ether oxygens (including phenoxy) is 1. The third-order valence-corrected chi connectivity index (χ3v) is 7.02. The van der Waals surface area contributed by atoms with Crippen LogP contribution in [0, 0.1) is 12.3 Å². The number of carbonyl (C=O) groups excluding carboxylic acids is 2. The van der Waals surface area contributed by atoms with E-state index < -0.39 is 0 Å². The van der Waals surface area contributed by atoms with Crippen LogP contribution < -0.4 is 15.5 Å². The second-order valence-electron chi connectivity index (χ2n) is 9.84. The zero-order valence-electron chi connectivity index (χ0n) is 22.8. The van der Waals surface area contributed by atoms with Crippen LogP contribution in [0.5, 0.6) is 0 Å². The van der Waals surface area contributed by atoms with Gasteiger partial charge >= 0.3 is 0 Å². The minimum atomic E-state index is -0.0525. The van der Waals surface area contributed by atoms with Gasteiger partial charge in [0.15, 0.2) is 0 Å². The molecule has 3 aromatic carbocycles. The molecule has 0 fully saturated rings. The summed E-state index contributed by atoms with van der Waals surface area (Å²) >= 11 is 0. The molecule has 6 heteroatoms. The Kier molecular flexibility index (Phi) is 8.73. The molecule has 2 amide bonds. The highest BCUT2D eigenvalue weighted by atomic mass is 16.5. The Bertz CT molecular complexity index is 1400. The number of amides is 2. The van der Waals surface area contributed by atoms with E-state index >= 15 is 0 Å². The molecular weight excluding hydrogens is 486 g/mol. The average Bonchev–Trinajstić information content (AvgIpc) is 2.93. The predicted octanol–water partition coefficient (Wildman–Crippen LogP) is 7.01. The van der Waals surface area contributed by atoms with Crippen LogP contribution in [0.25, 0.3) is 16.9 Å². The average molecular weight is 522 g/mol. The molecule has 0 aromatic heterocycles. The smallest absolute Gasteiger partial charge is 0.224 e. The Morgan fingerprint density at radius 1 is 1.08 bits per heavy atom. The van der Waals surface area contributed by atoms with E-state index in [1.807, 2.05) is 65.6 Å². The number of carbonyl (C=O) groups is 2. The summed E-state index contributed by atoms with van der Waals surface area (Å²) in [6, 6.07) is 22.0. The van der Waals surface area contributed by atoms with Crippen molar-refractivity contribution in [3.05, 3.63) is 84.4 Å². The Labute approximate surface area is 231 Å². The lowest BCUT2D eigenvalue weighted by atomic mass is 9.88. The molecule has 0 unspecified atom stereocenters. The van der Waals surface area contributed by atoms with Gasteiger partial charge in [-0.15, -0.1) is 12.3 Å². The van der Waals surface area contributed by atoms with Gasteiger partial charge in [0.25, 0.3) is 0 Å². The van der Waals surface area contributed by atoms with Crippen LogP contribution in [-0.4, -0.2) is 25.0 Å². The van der Waals surface area contributed by atoms with E-state index in [1.165, 1.54) is 0 Å². The van der Waals surface area contributed by atoms with Gasteiger partial charge in [0.05, 0.1) is 13.2 Å². The van der Waals surface area contributed by atoms with E-state index in [0.29, 0.717) is 25.0 Å². The van der Waals surface area contributed by atoms with Crippen molar-refractivity contribution in [2.24, 2.45) is 0 Å². The van der Waals surface area contributed by atoms with Crippen LogP contribution in [0.15, 0.2) is 73.3 Å². The third kappa shape index (κ3) is 6.50. The first kappa shape index (κ1) is 27.5. The summed E-state index contributed by atoms with van der Waals surface area (Å²) in [5.74, 6) is 3.15. The van der Waals surface area contributed by atoms with E-state index in [-0.39, 0.29) is 23.9 Å². The molecule has 2 atom stereocenters. The van der Waals surface area contributed by atoms with Crippen molar-refractivity contribution < 1.29 is 14.3 Å². The molecule has 3 aromatic rings. The van der Waals surface area contributed by atoms with Gasteiger partial charge in [-0.1, -0.05) is 24.8 Å². The molecule has 0 saturated heterocycles. The first-order valence-corrected chi connectivity index (χ1v) is 13.2. The number of fused-ring (bicyclic) bond motifs is 1. The SMILES string of the molecule is C#CCCCC(=O)Nc1cccc(-c2ccc3c(c2)[C@H](Nc2ccc(C(=C)OC)cc2)C[C@H](C)N3C(C)=O)c1. The third-order valence-electron chi connectivity index (χ3n) is 7.02. The Morgan fingerprint density at radius 3 is 2.51 bits per heavy atom. The molecule has 0 spiro atoms. The normalized spacial score (nSPS) is 16.0. The van der Waals surface area contributed by atoms with Crippen molar-refractivity contribution in [1.82, 2.24) is 0 Å². The maximum atomic E-state index is 12.6. The molecule has 1 aliphatic rings. The molecule has 39 heavy (non-hydrogen) atoms. The number of unbranched alkanes of at least 4 members (excludes halogenated alkanes) is 1. The van der Waals surface area contributed by atoms with Crippen LogP contribution in [0.1, 0.15) is 56.7 Å². The van der Waals surface area contributed by atoms with Crippen LogP contribution in [-0.2, 0) is 14.3 Å². The van der Waals surface area contributed by atoms with Crippen LogP contribution in [0.2, 0.25) is 0 Å². The van der Waals surface area contributed by atoms with Gasteiger partial charge in [0, 0.05) is 48.4 Å². The topological polar surface area (TPSA) is 70.7 Å². The number of anilines is 3. The second-order valence-corrected chi connectivity index (χ2v) is 9.84. The standard InChI is InChI=1S/C33H35N3O3/c1-6-7-8-12-33(38)35-29-11-9-10-26(20-29)27-15-18-32-30(21-27)31(19-22(2)36(32)24(4)37)34-28-16-13-25(14-17-28)23(3)39-5/h1,9-11,13-18,20-22,31,34H,3,7-8,12,19H2,2,4-5H3,(H,35,38)/t22-,31+/m0/s1. The highest BCUT2D eigenvalue weighted by Gasteiger charge is 2.32. The molecule has 0 radical (unpaired) electrons. The fourth-order valence-electron chi connectivity index (χ4n) is 5.08. The zero-order chi connectivity index (χ0) is 27.9. The fraction of sp³-hybridized carbons (Fsp3) is 0.273. The van der Waals surface area contributed by atoms with Crippen molar-refractivity contribution in [3.8, 4) is 23.5 Å². The maximum Gasteiger partial charge on any atom is 0.224 e. The van der Waals surface area contributed by atoms with Gasteiger partial charge < -0.3 is 20.3 Å². The van der Waals surface area contributed by atoms with Crippen LogP contribution >= 0.6 is 0 Å². The first-order valence-electron chi connectivity index (χ1n) is 13.2. The summed E-state index contributed by atoms with van der Waals surface area (Å²) in [4.78, 5) is 26.8. The molecule has 4 rings (SSSR count). The lowest BCUT2D eigenvalue weighted by Crippen LogP contribution is -2.43. The van der Waals surface area contributed by atoms with Crippen molar-refractivity contribution in [2.45, 2.75) is 51.6 Å². The molecule has 0 bridgehead atoms. The Balaban J connectivity index is 1.63. The van der Waals surface area contributed by atoms with Gasteiger partial charge in [0.1, 0.15) is 5.76 Å². The zero-order valence-corrected chi connectivity index (χ0v) is 22.8. The lowest BCUT2D eigenvalue weighted by molar-refractivity contribution is -0.117. The number of nitrogens with one attached hydrogen (secondary N) is 2. The number of nitrogens with zero attached hydrogens (tertiary/aromatic N) is 1. The van der Waals surface area contributed by atoms with Gasteiger partial charge in [0.2, 0.25) is 11.8 Å². The summed E-state index contributed by atoms with van der Waals surface area (Å²) in [7, 11) is 1.61. The molecular formula is C33H35N3O3. The molecule has 1 aliphatic heterocycles. The number of hydrogen-bond acceptors (Lipinski definition) is 4. The fourth-order valence-corrected chi connectivity index (χ4v) is 5.08. The molecule has 2 N–H and O–H groups in total. The molecule has 0 aliphatic carbocycles. The highest BCUT2D eigenvalue weighted by Crippen LogP contribution is 2.41. The van der Waals surface area contributed by atoms with Gasteiger partial charge in [-0.25, -0.2) is 0 Å². The molecule has 1 heterocycles. The molecule has 6 nitrogen and oxygen atoms in total.